The van der Waals surface area contributed by atoms with Crippen LogP contribution in [-0.4, -0.2) is 27.1 Å². The molecule has 112 valence electrons. The molecular formula is C16H26N2O2. The predicted octanol–water partition coefficient (Wildman–Crippen LogP) is 3.00. The Kier molecular flexibility index (Phi) is 4.29. The molecule has 2 fully saturated rings. The van der Waals surface area contributed by atoms with E-state index < -0.39 is 0 Å². The fourth-order valence-corrected chi connectivity index (χ4v) is 3.46. The standard InChI is InChI=1S/C16H26N2O2/c1-2-18-11-14(10-17-18)20-16-8-4-6-13-9-12(13)5-3-7-15(16)19/h10-13,15-16,19H,2-9H2,1H3/t12-,13-,15-,16-/m1/s1. The monoisotopic (exact) mass is 278 g/mol. The van der Waals surface area contributed by atoms with E-state index in [9.17, 15) is 5.11 Å². The summed E-state index contributed by atoms with van der Waals surface area (Å²) in [7, 11) is 0. The molecule has 20 heavy (non-hydrogen) atoms. The first-order valence-electron chi connectivity index (χ1n) is 8.13. The van der Waals surface area contributed by atoms with Gasteiger partial charge in [-0.3, -0.25) is 4.68 Å². The van der Waals surface area contributed by atoms with Crippen molar-refractivity contribution in [3.63, 3.8) is 0 Å². The Hall–Kier alpha value is -1.03. The number of fused-ring (bicyclic) bond motifs is 1. The van der Waals surface area contributed by atoms with Gasteiger partial charge < -0.3 is 9.84 Å². The minimum Gasteiger partial charge on any atom is -0.484 e. The van der Waals surface area contributed by atoms with E-state index in [4.69, 9.17) is 4.74 Å². The lowest BCUT2D eigenvalue weighted by Gasteiger charge is -2.24. The van der Waals surface area contributed by atoms with Crippen LogP contribution in [0.5, 0.6) is 5.75 Å². The normalized spacial score (nSPS) is 34.3. The summed E-state index contributed by atoms with van der Waals surface area (Å²) in [5.74, 6) is 2.72. The van der Waals surface area contributed by atoms with Gasteiger partial charge in [-0.15, -0.1) is 0 Å². The second kappa shape index (κ2) is 6.17. The third-order valence-corrected chi connectivity index (χ3v) is 4.86. The zero-order valence-electron chi connectivity index (χ0n) is 12.4. The first kappa shape index (κ1) is 13.9. The Labute approximate surface area is 121 Å². The Balaban J connectivity index is 1.59. The summed E-state index contributed by atoms with van der Waals surface area (Å²) < 4.78 is 7.86. The highest BCUT2D eigenvalue weighted by atomic mass is 16.5. The van der Waals surface area contributed by atoms with Crippen LogP contribution in [0.15, 0.2) is 12.4 Å². The molecule has 0 amide bonds. The Morgan fingerprint density at radius 1 is 1.25 bits per heavy atom. The molecular weight excluding hydrogens is 252 g/mol. The number of rotatable bonds is 3. The number of ether oxygens (including phenoxy) is 1. The number of hydrogen-bond donors (Lipinski definition) is 1. The summed E-state index contributed by atoms with van der Waals surface area (Å²) in [5, 5.41) is 14.6. The molecule has 2 aliphatic rings. The highest BCUT2D eigenvalue weighted by Gasteiger charge is 2.37. The van der Waals surface area contributed by atoms with Gasteiger partial charge in [0.25, 0.3) is 0 Å². The molecule has 4 nitrogen and oxygen atoms in total. The number of hydrogen-bond acceptors (Lipinski definition) is 3. The summed E-state index contributed by atoms with van der Waals surface area (Å²) >= 11 is 0. The van der Waals surface area contributed by atoms with Gasteiger partial charge in [0.1, 0.15) is 6.10 Å². The van der Waals surface area contributed by atoms with Gasteiger partial charge in [0.05, 0.1) is 18.5 Å². The van der Waals surface area contributed by atoms with Gasteiger partial charge in [-0.25, -0.2) is 0 Å². The van der Waals surface area contributed by atoms with Gasteiger partial charge >= 0.3 is 0 Å². The number of aryl methyl sites for hydroxylation is 1. The van der Waals surface area contributed by atoms with Crippen molar-refractivity contribution in [2.45, 2.75) is 70.6 Å². The molecule has 1 N–H and O–H groups in total. The van der Waals surface area contributed by atoms with E-state index in [1.54, 1.807) is 6.20 Å². The Morgan fingerprint density at radius 3 is 2.70 bits per heavy atom. The summed E-state index contributed by atoms with van der Waals surface area (Å²) in [5.41, 5.74) is 0. The fraction of sp³-hybridized carbons (Fsp3) is 0.812. The molecule has 0 bridgehead atoms. The topological polar surface area (TPSA) is 47.3 Å². The second-order valence-electron chi connectivity index (χ2n) is 6.37. The van der Waals surface area contributed by atoms with Crippen molar-refractivity contribution in [1.29, 1.82) is 0 Å². The number of aliphatic hydroxyl groups excluding tert-OH is 1. The summed E-state index contributed by atoms with van der Waals surface area (Å²) in [6.45, 7) is 2.90. The van der Waals surface area contributed by atoms with Crippen LogP contribution in [0.4, 0.5) is 0 Å². The van der Waals surface area contributed by atoms with E-state index in [-0.39, 0.29) is 12.2 Å². The average molecular weight is 278 g/mol. The number of aliphatic hydroxyl groups is 1. The molecule has 2 saturated carbocycles. The summed E-state index contributed by atoms with van der Waals surface area (Å²) in [6, 6.07) is 0. The van der Waals surface area contributed by atoms with Crippen LogP contribution in [0, 0.1) is 11.8 Å². The van der Waals surface area contributed by atoms with Crippen LogP contribution in [-0.2, 0) is 6.54 Å². The third kappa shape index (κ3) is 3.35. The molecule has 1 heterocycles. The van der Waals surface area contributed by atoms with Gasteiger partial charge in [-0.05, 0) is 44.4 Å². The first-order valence-corrected chi connectivity index (χ1v) is 8.13. The van der Waals surface area contributed by atoms with E-state index in [1.807, 2.05) is 10.9 Å². The molecule has 1 aromatic heterocycles. The second-order valence-corrected chi connectivity index (χ2v) is 6.37. The van der Waals surface area contributed by atoms with Gasteiger partial charge in [0.2, 0.25) is 0 Å². The maximum atomic E-state index is 10.4. The zero-order chi connectivity index (χ0) is 13.9. The van der Waals surface area contributed by atoms with Crippen molar-refractivity contribution in [1.82, 2.24) is 9.78 Å². The quantitative estimate of drug-likeness (QED) is 0.924. The molecule has 2 aliphatic carbocycles. The van der Waals surface area contributed by atoms with Crippen LogP contribution in [0.1, 0.15) is 51.9 Å². The lowest BCUT2D eigenvalue weighted by molar-refractivity contribution is 0.0216. The lowest BCUT2D eigenvalue weighted by atomic mass is 9.97. The highest BCUT2D eigenvalue weighted by molar-refractivity contribution is 5.12. The van der Waals surface area contributed by atoms with E-state index in [0.29, 0.717) is 0 Å². The average Bonchev–Trinajstić information content (AvgIpc) is 3.03. The van der Waals surface area contributed by atoms with Gasteiger partial charge in [0.15, 0.2) is 5.75 Å². The van der Waals surface area contributed by atoms with Crippen LogP contribution in [0.2, 0.25) is 0 Å². The fourth-order valence-electron chi connectivity index (χ4n) is 3.46. The molecule has 3 rings (SSSR count). The van der Waals surface area contributed by atoms with Crippen LogP contribution < -0.4 is 4.74 Å². The minimum atomic E-state index is -0.338. The summed E-state index contributed by atoms with van der Waals surface area (Å²) in [6.07, 6.45) is 11.4. The maximum absolute atomic E-state index is 10.4. The van der Waals surface area contributed by atoms with Crippen molar-refractivity contribution in [2.75, 3.05) is 0 Å². The summed E-state index contributed by atoms with van der Waals surface area (Å²) in [4.78, 5) is 0. The van der Waals surface area contributed by atoms with E-state index in [0.717, 1.165) is 43.4 Å². The highest BCUT2D eigenvalue weighted by Crippen LogP contribution is 2.46. The molecule has 0 unspecified atom stereocenters. The van der Waals surface area contributed by atoms with Gasteiger partial charge in [-0.2, -0.15) is 5.10 Å². The third-order valence-electron chi connectivity index (χ3n) is 4.86. The van der Waals surface area contributed by atoms with Crippen molar-refractivity contribution in [2.24, 2.45) is 11.8 Å². The molecule has 0 spiro atoms. The minimum absolute atomic E-state index is 0.0696. The molecule has 0 aromatic carbocycles. The molecule has 0 saturated heterocycles. The van der Waals surface area contributed by atoms with Crippen molar-refractivity contribution >= 4 is 0 Å². The number of nitrogens with zero attached hydrogens (tertiary/aromatic N) is 2. The molecule has 4 atom stereocenters. The Morgan fingerprint density at radius 2 is 2.00 bits per heavy atom. The van der Waals surface area contributed by atoms with Gasteiger partial charge in [0, 0.05) is 6.54 Å². The predicted molar refractivity (Wildman–Crippen MR) is 77.6 cm³/mol. The van der Waals surface area contributed by atoms with E-state index in [1.165, 1.54) is 25.7 Å². The molecule has 1 aromatic rings. The molecule has 4 heteroatoms. The maximum Gasteiger partial charge on any atom is 0.157 e. The molecule has 0 radical (unpaired) electrons. The SMILES string of the molecule is CCn1cc(O[C@@H]2CCC[C@@H]3C[C@H]3CCC[C@H]2O)cn1. The van der Waals surface area contributed by atoms with Crippen LogP contribution in [0.25, 0.3) is 0 Å². The van der Waals surface area contributed by atoms with E-state index >= 15 is 0 Å². The molecule has 0 aliphatic heterocycles. The largest absolute Gasteiger partial charge is 0.484 e. The lowest BCUT2D eigenvalue weighted by Crippen LogP contribution is -2.32. The first-order chi connectivity index (χ1) is 9.76. The van der Waals surface area contributed by atoms with Gasteiger partial charge in [-0.1, -0.05) is 19.3 Å². The Bertz CT molecular complexity index is 432. The van der Waals surface area contributed by atoms with Crippen molar-refractivity contribution < 1.29 is 9.84 Å². The van der Waals surface area contributed by atoms with Crippen molar-refractivity contribution in [3.05, 3.63) is 12.4 Å². The van der Waals surface area contributed by atoms with Crippen LogP contribution in [0.3, 0.4) is 0 Å². The number of aromatic nitrogens is 2. The smallest absolute Gasteiger partial charge is 0.157 e. The zero-order valence-corrected chi connectivity index (χ0v) is 12.4. The van der Waals surface area contributed by atoms with E-state index in [2.05, 4.69) is 12.0 Å². The van der Waals surface area contributed by atoms with Crippen molar-refractivity contribution in [3.8, 4) is 5.75 Å². The van der Waals surface area contributed by atoms with Crippen LogP contribution >= 0.6 is 0 Å².